The van der Waals surface area contributed by atoms with Crippen molar-refractivity contribution in [2.24, 2.45) is 5.92 Å². The number of phenolic OH excluding ortho intramolecular Hbond substituents is 1. The number of nitrogens with one attached hydrogen (secondary N) is 1. The summed E-state index contributed by atoms with van der Waals surface area (Å²) in [6, 6.07) is 4.97. The molecule has 0 spiro atoms. The summed E-state index contributed by atoms with van der Waals surface area (Å²) in [7, 11) is 1.52. The Hall–Kier alpha value is -1.79. The summed E-state index contributed by atoms with van der Waals surface area (Å²) < 4.78 is 10.5. The van der Waals surface area contributed by atoms with Crippen LogP contribution in [0.15, 0.2) is 18.2 Å². The number of rotatable bonds is 7. The van der Waals surface area contributed by atoms with E-state index in [1.807, 2.05) is 0 Å². The van der Waals surface area contributed by atoms with Gasteiger partial charge in [-0.05, 0) is 24.5 Å². The number of amides is 1. The van der Waals surface area contributed by atoms with E-state index in [-0.39, 0.29) is 23.3 Å². The zero-order valence-corrected chi connectivity index (χ0v) is 14.7. The minimum Gasteiger partial charge on any atom is -0.507 e. The molecule has 1 aromatic carbocycles. The van der Waals surface area contributed by atoms with Gasteiger partial charge in [-0.3, -0.25) is 9.69 Å². The van der Waals surface area contributed by atoms with Crippen LogP contribution in [-0.4, -0.2) is 61.9 Å². The second-order valence-corrected chi connectivity index (χ2v) is 6.52. The van der Waals surface area contributed by atoms with Crippen molar-refractivity contribution >= 4 is 5.91 Å². The van der Waals surface area contributed by atoms with Crippen molar-refractivity contribution in [1.82, 2.24) is 10.2 Å². The van der Waals surface area contributed by atoms with Gasteiger partial charge in [0.2, 0.25) is 0 Å². The summed E-state index contributed by atoms with van der Waals surface area (Å²) in [5.41, 5.74) is 0.265. The molecule has 0 aromatic heterocycles. The highest BCUT2D eigenvalue weighted by atomic mass is 16.5. The van der Waals surface area contributed by atoms with Crippen molar-refractivity contribution in [2.45, 2.75) is 26.3 Å². The summed E-state index contributed by atoms with van der Waals surface area (Å²) in [6.45, 7) is 8.18. The first-order valence-corrected chi connectivity index (χ1v) is 8.48. The Morgan fingerprint density at radius 3 is 2.67 bits per heavy atom. The van der Waals surface area contributed by atoms with Crippen molar-refractivity contribution < 1.29 is 19.4 Å². The lowest BCUT2D eigenvalue weighted by molar-refractivity contribution is 0.0124. The standard InChI is InChI=1S/C18H28N2O4/c1-13(2)10-14(20-6-8-24-9-7-20)12-19-18(22)16-5-4-15(23-3)11-17(16)21/h4-5,11,13-14,21H,6-10,12H2,1-3H3,(H,19,22). The Labute approximate surface area is 143 Å². The largest absolute Gasteiger partial charge is 0.507 e. The summed E-state index contributed by atoms with van der Waals surface area (Å²) in [4.78, 5) is 14.8. The lowest BCUT2D eigenvalue weighted by Gasteiger charge is -2.35. The quantitative estimate of drug-likeness (QED) is 0.795. The molecular weight excluding hydrogens is 308 g/mol. The minimum atomic E-state index is -0.267. The van der Waals surface area contributed by atoms with E-state index in [2.05, 4.69) is 24.1 Å². The maximum atomic E-state index is 12.4. The number of hydrogen-bond donors (Lipinski definition) is 2. The second-order valence-electron chi connectivity index (χ2n) is 6.52. The van der Waals surface area contributed by atoms with Crippen LogP contribution < -0.4 is 10.1 Å². The number of nitrogens with zero attached hydrogens (tertiary/aromatic N) is 1. The van der Waals surface area contributed by atoms with Gasteiger partial charge < -0.3 is 19.9 Å². The summed E-state index contributed by atoms with van der Waals surface area (Å²) in [5.74, 6) is 0.731. The van der Waals surface area contributed by atoms with Crippen LogP contribution in [0.4, 0.5) is 0 Å². The number of aromatic hydroxyl groups is 1. The average molecular weight is 336 g/mol. The van der Waals surface area contributed by atoms with Gasteiger partial charge in [-0.25, -0.2) is 0 Å². The monoisotopic (exact) mass is 336 g/mol. The Bertz CT molecular complexity index is 542. The fourth-order valence-electron chi connectivity index (χ4n) is 2.98. The van der Waals surface area contributed by atoms with Crippen molar-refractivity contribution in [3.63, 3.8) is 0 Å². The molecule has 134 valence electrons. The van der Waals surface area contributed by atoms with E-state index >= 15 is 0 Å². The van der Waals surface area contributed by atoms with Gasteiger partial charge in [-0.2, -0.15) is 0 Å². The molecule has 1 saturated heterocycles. The van der Waals surface area contributed by atoms with Gasteiger partial charge in [-0.15, -0.1) is 0 Å². The van der Waals surface area contributed by atoms with E-state index in [4.69, 9.17) is 9.47 Å². The average Bonchev–Trinajstić information content (AvgIpc) is 2.58. The molecule has 1 unspecified atom stereocenters. The van der Waals surface area contributed by atoms with Gasteiger partial charge in [-0.1, -0.05) is 13.8 Å². The molecule has 24 heavy (non-hydrogen) atoms. The molecule has 1 heterocycles. The van der Waals surface area contributed by atoms with Gasteiger partial charge in [0.1, 0.15) is 11.5 Å². The molecule has 1 aliphatic heterocycles. The second kappa shape index (κ2) is 8.89. The lowest BCUT2D eigenvalue weighted by Crippen LogP contribution is -2.49. The maximum absolute atomic E-state index is 12.4. The zero-order valence-electron chi connectivity index (χ0n) is 14.7. The predicted octanol–water partition coefficient (Wildman–Crippen LogP) is 1.88. The minimum absolute atomic E-state index is 0.0707. The van der Waals surface area contributed by atoms with Gasteiger partial charge in [0.15, 0.2) is 0 Å². The molecule has 0 saturated carbocycles. The van der Waals surface area contributed by atoms with E-state index in [0.29, 0.717) is 18.2 Å². The smallest absolute Gasteiger partial charge is 0.255 e. The first-order chi connectivity index (χ1) is 11.5. The van der Waals surface area contributed by atoms with Crippen LogP contribution in [0, 0.1) is 5.92 Å². The molecule has 2 N–H and O–H groups in total. The molecule has 1 aliphatic rings. The Morgan fingerprint density at radius 2 is 2.08 bits per heavy atom. The normalized spacial score (nSPS) is 16.8. The van der Waals surface area contributed by atoms with Crippen LogP contribution >= 0.6 is 0 Å². The van der Waals surface area contributed by atoms with Gasteiger partial charge in [0, 0.05) is 31.7 Å². The molecule has 0 bridgehead atoms. The molecule has 0 radical (unpaired) electrons. The third kappa shape index (κ3) is 5.11. The molecule has 0 aliphatic carbocycles. The van der Waals surface area contributed by atoms with Gasteiger partial charge in [0.05, 0.1) is 25.9 Å². The number of hydrogen-bond acceptors (Lipinski definition) is 5. The van der Waals surface area contributed by atoms with Gasteiger partial charge in [0.25, 0.3) is 5.91 Å². The van der Waals surface area contributed by atoms with Crippen LogP contribution in [0.5, 0.6) is 11.5 Å². The molecule has 6 nitrogen and oxygen atoms in total. The molecular formula is C18H28N2O4. The Morgan fingerprint density at radius 1 is 1.38 bits per heavy atom. The van der Waals surface area contributed by atoms with E-state index in [0.717, 1.165) is 32.7 Å². The number of ether oxygens (including phenoxy) is 2. The third-order valence-electron chi connectivity index (χ3n) is 4.25. The van der Waals surface area contributed by atoms with Crippen molar-refractivity contribution in [1.29, 1.82) is 0 Å². The molecule has 1 fully saturated rings. The fraction of sp³-hybridized carbons (Fsp3) is 0.611. The van der Waals surface area contributed by atoms with Gasteiger partial charge >= 0.3 is 0 Å². The van der Waals surface area contributed by atoms with Crippen LogP contribution in [0.3, 0.4) is 0 Å². The van der Waals surface area contributed by atoms with Crippen LogP contribution in [0.2, 0.25) is 0 Å². The third-order valence-corrected chi connectivity index (χ3v) is 4.25. The number of morpholine rings is 1. The molecule has 1 atom stereocenters. The Balaban J connectivity index is 1.98. The first-order valence-electron chi connectivity index (χ1n) is 8.48. The summed E-state index contributed by atoms with van der Waals surface area (Å²) in [6.07, 6.45) is 1.01. The molecule has 1 aromatic rings. The zero-order chi connectivity index (χ0) is 17.5. The van der Waals surface area contributed by atoms with Crippen molar-refractivity contribution in [2.75, 3.05) is 40.0 Å². The predicted molar refractivity (Wildman–Crippen MR) is 92.6 cm³/mol. The van der Waals surface area contributed by atoms with E-state index in [1.54, 1.807) is 12.1 Å². The highest BCUT2D eigenvalue weighted by Crippen LogP contribution is 2.23. The van der Waals surface area contributed by atoms with E-state index in [9.17, 15) is 9.90 Å². The summed E-state index contributed by atoms with van der Waals surface area (Å²) >= 11 is 0. The van der Waals surface area contributed by atoms with Crippen molar-refractivity contribution in [3.05, 3.63) is 23.8 Å². The van der Waals surface area contributed by atoms with Crippen LogP contribution in [0.1, 0.15) is 30.6 Å². The van der Waals surface area contributed by atoms with E-state index < -0.39 is 0 Å². The van der Waals surface area contributed by atoms with Crippen LogP contribution in [0.25, 0.3) is 0 Å². The number of carbonyl (C=O) groups excluding carboxylic acids is 1. The molecule has 2 rings (SSSR count). The van der Waals surface area contributed by atoms with Crippen molar-refractivity contribution in [3.8, 4) is 11.5 Å². The SMILES string of the molecule is COc1ccc(C(=O)NCC(CC(C)C)N2CCOCC2)c(O)c1. The highest BCUT2D eigenvalue weighted by molar-refractivity contribution is 5.97. The topological polar surface area (TPSA) is 71.0 Å². The highest BCUT2D eigenvalue weighted by Gasteiger charge is 2.23. The fourth-order valence-corrected chi connectivity index (χ4v) is 2.98. The molecule has 6 heteroatoms. The number of phenols is 1. The maximum Gasteiger partial charge on any atom is 0.255 e. The number of benzene rings is 1. The Kier molecular flexibility index (Phi) is 6.87. The number of methoxy groups -OCH3 is 1. The molecule has 1 amide bonds. The first kappa shape index (κ1) is 18.5. The number of carbonyl (C=O) groups is 1. The van der Waals surface area contributed by atoms with Crippen LogP contribution in [-0.2, 0) is 4.74 Å². The lowest BCUT2D eigenvalue weighted by atomic mass is 10.0. The summed E-state index contributed by atoms with van der Waals surface area (Å²) in [5, 5.41) is 12.9. The van der Waals surface area contributed by atoms with E-state index in [1.165, 1.54) is 13.2 Å².